The van der Waals surface area contributed by atoms with Crippen LogP contribution in [0.3, 0.4) is 0 Å². The van der Waals surface area contributed by atoms with Crippen molar-refractivity contribution >= 4 is 97.3 Å². The molecule has 0 aliphatic rings. The largest absolute Gasteiger partial charge is 0.491 e. The lowest BCUT2D eigenvalue weighted by Gasteiger charge is -2.25. The summed E-state index contributed by atoms with van der Waals surface area (Å²) in [5.41, 5.74) is 3.79. The third kappa shape index (κ3) is 15.6. The highest BCUT2D eigenvalue weighted by Gasteiger charge is 2.25. The average Bonchev–Trinajstić information content (AvgIpc) is 3.29. The third-order valence-corrected chi connectivity index (χ3v) is 10.3. The summed E-state index contributed by atoms with van der Waals surface area (Å²) >= 11 is 16.4. The van der Waals surface area contributed by atoms with Gasteiger partial charge in [-0.25, -0.2) is 32.3 Å². The van der Waals surface area contributed by atoms with E-state index >= 15 is 0 Å². The van der Waals surface area contributed by atoms with Gasteiger partial charge >= 0.3 is 0 Å². The zero-order chi connectivity index (χ0) is 47.0. The standard InChI is InChI=1S/C22H17ClF3IN2O4.C22H18ClF2IN2O4/c23-16-8-12(27)6-7-18(16)28-21-15(9-17(24)19(25)20(21)26)22(31)29-33-11-13(30)10-32-14-4-2-1-3-5-14;23-18-11-15(26)7-9-21(18)27-28(22(30)14-6-8-19(24)20(25)10-14)32-13-16(29)12-31-17-4-2-1-3-5-17/h1-9,13,28,30H,10-11H2,(H,29,31);1-11,16,27,29H,12-13H2. The minimum Gasteiger partial charge on any atom is -0.491 e. The Kier molecular flexibility index (Phi) is 19.6. The van der Waals surface area contributed by atoms with Gasteiger partial charge in [-0.05, 0) is 130 Å². The number of amides is 2. The van der Waals surface area contributed by atoms with Crippen LogP contribution in [0.15, 0.2) is 121 Å². The molecule has 12 nitrogen and oxygen atoms in total. The molecule has 0 spiro atoms. The minimum absolute atomic E-state index is 0.0957. The molecule has 0 aromatic heterocycles. The molecule has 6 rings (SSSR count). The summed E-state index contributed by atoms with van der Waals surface area (Å²) in [7, 11) is 0. The molecule has 342 valence electrons. The maximum atomic E-state index is 14.5. The Bertz CT molecular complexity index is 2560. The number of carbonyl (C=O) groups excluding carboxylic acids is 2. The number of nitrogens with zero attached hydrogens (tertiary/aromatic N) is 1. The van der Waals surface area contributed by atoms with Crippen molar-refractivity contribution in [3.63, 3.8) is 0 Å². The van der Waals surface area contributed by atoms with Gasteiger partial charge in [-0.1, -0.05) is 59.6 Å². The predicted octanol–water partition coefficient (Wildman–Crippen LogP) is 10.3. The second kappa shape index (κ2) is 25.0. The number of hydrogen-bond acceptors (Lipinski definition) is 10. The van der Waals surface area contributed by atoms with Crippen molar-refractivity contribution in [3.8, 4) is 11.5 Å². The number of ether oxygens (including phenoxy) is 2. The van der Waals surface area contributed by atoms with E-state index in [1.807, 2.05) is 34.1 Å². The van der Waals surface area contributed by atoms with Gasteiger partial charge in [0.25, 0.3) is 11.8 Å². The highest BCUT2D eigenvalue weighted by Crippen LogP contribution is 2.32. The van der Waals surface area contributed by atoms with Gasteiger partial charge in [-0.2, -0.15) is 0 Å². The van der Waals surface area contributed by atoms with E-state index in [1.165, 1.54) is 6.07 Å². The summed E-state index contributed by atoms with van der Waals surface area (Å²) in [5.74, 6) is -8.00. The van der Waals surface area contributed by atoms with Crippen LogP contribution in [0.2, 0.25) is 10.0 Å². The Morgan fingerprint density at radius 1 is 0.631 bits per heavy atom. The van der Waals surface area contributed by atoms with Crippen molar-refractivity contribution in [3.05, 3.63) is 179 Å². The summed E-state index contributed by atoms with van der Waals surface area (Å²) in [6, 6.07) is 30.5. The van der Waals surface area contributed by atoms with E-state index in [-0.39, 0.29) is 42.7 Å². The fourth-order valence-electron chi connectivity index (χ4n) is 5.13. The molecule has 0 aliphatic heterocycles. The number of anilines is 3. The molecule has 0 heterocycles. The number of aliphatic hydroxyl groups is 2. The quantitative estimate of drug-likeness (QED) is 0.0244. The van der Waals surface area contributed by atoms with E-state index < -0.39 is 64.4 Å². The second-order valence-electron chi connectivity index (χ2n) is 13.2. The first-order chi connectivity index (χ1) is 31.1. The minimum atomic E-state index is -1.76. The zero-order valence-electron chi connectivity index (χ0n) is 33.2. The van der Waals surface area contributed by atoms with Crippen molar-refractivity contribution in [1.82, 2.24) is 10.7 Å². The molecule has 6 aromatic carbocycles. The number of para-hydroxylation sites is 2. The topological polar surface area (TPSA) is 151 Å². The monoisotopic (exact) mass is 1170 g/mol. The molecule has 0 saturated carbocycles. The molecule has 2 amide bonds. The Morgan fingerprint density at radius 2 is 1.18 bits per heavy atom. The van der Waals surface area contributed by atoms with E-state index in [2.05, 4.69) is 33.3 Å². The van der Waals surface area contributed by atoms with Crippen molar-refractivity contribution in [2.75, 3.05) is 37.2 Å². The molecule has 2 atom stereocenters. The van der Waals surface area contributed by atoms with Gasteiger partial charge in [0, 0.05) is 12.7 Å². The van der Waals surface area contributed by atoms with Crippen LogP contribution < -0.4 is 25.7 Å². The van der Waals surface area contributed by atoms with Crippen molar-refractivity contribution in [2.45, 2.75) is 12.2 Å². The maximum absolute atomic E-state index is 14.5. The van der Waals surface area contributed by atoms with Crippen LogP contribution in [0, 0.1) is 36.2 Å². The van der Waals surface area contributed by atoms with Crippen LogP contribution in [0.5, 0.6) is 11.5 Å². The number of benzene rings is 6. The predicted molar refractivity (Wildman–Crippen MR) is 249 cm³/mol. The third-order valence-electron chi connectivity index (χ3n) is 8.31. The summed E-state index contributed by atoms with van der Waals surface area (Å²) in [6.07, 6.45) is -2.21. The van der Waals surface area contributed by atoms with Gasteiger partial charge in [0.1, 0.15) is 50.1 Å². The average molecular weight is 1170 g/mol. The normalized spacial score (nSPS) is 11.7. The molecule has 0 bridgehead atoms. The van der Waals surface area contributed by atoms with Gasteiger partial charge in [0.05, 0.1) is 32.7 Å². The Balaban J connectivity index is 0.000000244. The lowest BCUT2D eigenvalue weighted by Crippen LogP contribution is -2.39. The summed E-state index contributed by atoms with van der Waals surface area (Å²) in [6.45, 7) is -0.938. The molecule has 6 aromatic rings. The first-order valence-electron chi connectivity index (χ1n) is 18.8. The van der Waals surface area contributed by atoms with Crippen LogP contribution >= 0.6 is 68.4 Å². The van der Waals surface area contributed by atoms with Gasteiger partial charge in [-0.3, -0.25) is 19.9 Å². The molecule has 0 aliphatic carbocycles. The molecule has 0 saturated heterocycles. The van der Waals surface area contributed by atoms with Gasteiger partial charge in [0.15, 0.2) is 29.1 Å². The highest BCUT2D eigenvalue weighted by molar-refractivity contribution is 14.1. The van der Waals surface area contributed by atoms with Crippen LogP contribution in [0.4, 0.5) is 39.0 Å². The molecule has 21 heteroatoms. The van der Waals surface area contributed by atoms with Crippen LogP contribution in [0.1, 0.15) is 20.7 Å². The van der Waals surface area contributed by atoms with Crippen molar-refractivity contribution < 1.29 is 60.9 Å². The van der Waals surface area contributed by atoms with Crippen LogP contribution in [0.25, 0.3) is 0 Å². The fraction of sp³-hybridized carbons (Fsp3) is 0.136. The van der Waals surface area contributed by atoms with E-state index in [0.717, 1.165) is 25.3 Å². The lowest BCUT2D eigenvalue weighted by atomic mass is 10.1. The Morgan fingerprint density at radius 3 is 1.74 bits per heavy atom. The first-order valence-corrected chi connectivity index (χ1v) is 21.7. The molecule has 0 fully saturated rings. The van der Waals surface area contributed by atoms with E-state index in [1.54, 1.807) is 84.9 Å². The van der Waals surface area contributed by atoms with Gasteiger partial charge in [0.2, 0.25) is 0 Å². The first kappa shape index (κ1) is 51.0. The molecular formula is C44H35Cl2F5I2N4O8. The van der Waals surface area contributed by atoms with Crippen LogP contribution in [-0.2, 0) is 9.68 Å². The number of rotatable bonds is 18. The smallest absolute Gasteiger partial charge is 0.297 e. The fourth-order valence-corrected chi connectivity index (χ4v) is 6.93. The van der Waals surface area contributed by atoms with E-state index in [9.17, 15) is 41.8 Å². The van der Waals surface area contributed by atoms with E-state index in [4.69, 9.17) is 42.4 Å². The lowest BCUT2D eigenvalue weighted by molar-refractivity contribution is -0.135. The Hall–Kier alpha value is -5.01. The maximum Gasteiger partial charge on any atom is 0.297 e. The van der Waals surface area contributed by atoms with Gasteiger partial charge in [-0.15, -0.1) is 5.17 Å². The second-order valence-corrected chi connectivity index (χ2v) is 16.5. The number of hydrazine groups is 1. The van der Waals surface area contributed by atoms with Gasteiger partial charge < -0.3 is 25.0 Å². The number of hydrogen-bond donors (Lipinski definition) is 5. The molecule has 2 unspecified atom stereocenters. The zero-order valence-corrected chi connectivity index (χ0v) is 39.0. The van der Waals surface area contributed by atoms with Crippen molar-refractivity contribution in [1.29, 1.82) is 0 Å². The number of carbonyl (C=O) groups is 2. The molecule has 0 radical (unpaired) electrons. The molecule has 5 N–H and O–H groups in total. The van der Waals surface area contributed by atoms with Crippen LogP contribution in [-0.4, -0.2) is 65.8 Å². The summed E-state index contributed by atoms with van der Waals surface area (Å²) < 4.78 is 81.5. The van der Waals surface area contributed by atoms with Crippen molar-refractivity contribution in [2.24, 2.45) is 0 Å². The number of aliphatic hydroxyl groups excluding tert-OH is 2. The summed E-state index contributed by atoms with van der Waals surface area (Å²) in [4.78, 5) is 35.7. The number of hydroxylamine groups is 2. The molecule has 65 heavy (non-hydrogen) atoms. The SMILES string of the molecule is O=C(NOCC(O)COc1ccccc1)c1cc(F)c(F)c(F)c1Nc1ccc(I)cc1Cl.O=C(c1ccc(F)c(F)c1)N(Nc1ccc(I)cc1Cl)OCC(O)COc1ccccc1. The number of halogens is 9. The highest BCUT2D eigenvalue weighted by atomic mass is 127. The number of nitrogens with one attached hydrogen (secondary N) is 3. The molecular weight excluding hydrogens is 1130 g/mol. The summed E-state index contributed by atoms with van der Waals surface area (Å²) in [5, 5.41) is 23.8. The Labute approximate surface area is 405 Å². The van der Waals surface area contributed by atoms with E-state index in [0.29, 0.717) is 33.4 Å².